The number of halogens is 1. The van der Waals surface area contributed by atoms with Crippen LogP contribution in [0.1, 0.15) is 49.9 Å². The number of aryl methyl sites for hydroxylation is 1. The molecule has 1 aromatic heterocycles. The van der Waals surface area contributed by atoms with Gasteiger partial charge in [-0.25, -0.2) is 0 Å². The highest BCUT2D eigenvalue weighted by molar-refractivity contribution is 14.0. The summed E-state index contributed by atoms with van der Waals surface area (Å²) in [6.07, 6.45) is 5.67. The summed E-state index contributed by atoms with van der Waals surface area (Å²) < 4.78 is 5.16. The first-order valence-electron chi connectivity index (χ1n) is 9.59. The van der Waals surface area contributed by atoms with Gasteiger partial charge in [0.2, 0.25) is 5.89 Å². The van der Waals surface area contributed by atoms with Crippen LogP contribution in [-0.2, 0) is 11.8 Å². The Bertz CT molecular complexity index is 710. The average Bonchev–Trinajstić information content (AvgIpc) is 3.30. The molecule has 1 aliphatic rings. The number of guanidine groups is 1. The van der Waals surface area contributed by atoms with E-state index in [0.717, 1.165) is 19.0 Å². The molecule has 0 atom stereocenters. The lowest BCUT2D eigenvalue weighted by Gasteiger charge is -2.28. The van der Waals surface area contributed by atoms with Crippen molar-refractivity contribution >= 4 is 29.9 Å². The van der Waals surface area contributed by atoms with E-state index >= 15 is 0 Å². The molecule has 1 aromatic carbocycles. The van der Waals surface area contributed by atoms with Crippen LogP contribution in [0.3, 0.4) is 0 Å². The van der Waals surface area contributed by atoms with Crippen molar-refractivity contribution in [2.24, 2.45) is 4.99 Å². The Morgan fingerprint density at radius 3 is 2.56 bits per heavy atom. The van der Waals surface area contributed by atoms with E-state index in [4.69, 9.17) is 9.52 Å². The molecule has 0 aliphatic heterocycles. The molecule has 2 N–H and O–H groups in total. The van der Waals surface area contributed by atoms with Gasteiger partial charge in [-0.15, -0.1) is 24.0 Å². The van der Waals surface area contributed by atoms with Gasteiger partial charge in [-0.2, -0.15) is 4.98 Å². The molecule has 27 heavy (non-hydrogen) atoms. The van der Waals surface area contributed by atoms with Gasteiger partial charge < -0.3 is 15.2 Å². The fourth-order valence-electron chi connectivity index (χ4n) is 3.68. The van der Waals surface area contributed by atoms with Gasteiger partial charge in [0, 0.05) is 24.9 Å². The summed E-state index contributed by atoms with van der Waals surface area (Å²) in [6.45, 7) is 6.28. The molecule has 1 fully saturated rings. The Morgan fingerprint density at radius 2 is 1.93 bits per heavy atom. The highest BCUT2D eigenvalue weighted by Crippen LogP contribution is 2.41. The molecule has 0 bridgehead atoms. The van der Waals surface area contributed by atoms with Crippen molar-refractivity contribution < 1.29 is 4.52 Å². The zero-order chi connectivity index (χ0) is 18.2. The molecular formula is C20H30IN5O. The number of aromatic nitrogens is 2. The van der Waals surface area contributed by atoms with Gasteiger partial charge in [-0.05, 0) is 32.3 Å². The summed E-state index contributed by atoms with van der Waals surface area (Å²) in [6, 6.07) is 10.8. The van der Waals surface area contributed by atoms with Crippen molar-refractivity contribution in [3.05, 3.63) is 47.6 Å². The standard InChI is InChI=1S/C20H29N5O.HI/c1-3-21-19(22-14-11-18-24-16(2)25-26-18)23-15-20(12-7-8-13-20)17-9-5-4-6-10-17;/h4-6,9-10H,3,7-8,11-15H2,1-2H3,(H2,21,22,23);1H. The minimum absolute atomic E-state index is 0. The van der Waals surface area contributed by atoms with E-state index in [0.29, 0.717) is 24.7 Å². The fraction of sp³-hybridized carbons (Fsp3) is 0.550. The molecule has 1 heterocycles. The molecule has 1 saturated carbocycles. The average molecular weight is 483 g/mol. The number of hydrogen-bond donors (Lipinski definition) is 2. The zero-order valence-electron chi connectivity index (χ0n) is 16.2. The van der Waals surface area contributed by atoms with Gasteiger partial charge >= 0.3 is 0 Å². The van der Waals surface area contributed by atoms with Crippen LogP contribution in [0.2, 0.25) is 0 Å². The van der Waals surface area contributed by atoms with E-state index in [2.05, 4.69) is 58.0 Å². The zero-order valence-corrected chi connectivity index (χ0v) is 18.5. The second-order valence-corrected chi connectivity index (χ2v) is 6.96. The number of nitrogens with zero attached hydrogens (tertiary/aromatic N) is 3. The Kier molecular flexibility index (Phi) is 8.53. The molecule has 7 heteroatoms. The first-order valence-corrected chi connectivity index (χ1v) is 9.59. The molecule has 0 radical (unpaired) electrons. The van der Waals surface area contributed by atoms with Crippen molar-refractivity contribution in [1.82, 2.24) is 20.8 Å². The maximum absolute atomic E-state index is 5.16. The molecule has 1 aliphatic carbocycles. The highest BCUT2D eigenvalue weighted by Gasteiger charge is 2.35. The fourth-order valence-corrected chi connectivity index (χ4v) is 3.68. The predicted molar refractivity (Wildman–Crippen MR) is 119 cm³/mol. The van der Waals surface area contributed by atoms with Crippen LogP contribution in [0.15, 0.2) is 39.8 Å². The van der Waals surface area contributed by atoms with Crippen LogP contribution >= 0.6 is 24.0 Å². The number of aliphatic imine (C=N–C) groups is 1. The Hall–Kier alpha value is -1.64. The van der Waals surface area contributed by atoms with E-state index in [-0.39, 0.29) is 29.4 Å². The second-order valence-electron chi connectivity index (χ2n) is 6.96. The lowest BCUT2D eigenvalue weighted by Crippen LogP contribution is -2.39. The van der Waals surface area contributed by atoms with Gasteiger partial charge in [0.25, 0.3) is 0 Å². The van der Waals surface area contributed by atoms with Gasteiger partial charge in [-0.3, -0.25) is 4.99 Å². The third-order valence-corrected chi connectivity index (χ3v) is 5.03. The van der Waals surface area contributed by atoms with Gasteiger partial charge in [0.15, 0.2) is 11.8 Å². The third kappa shape index (κ3) is 5.92. The summed E-state index contributed by atoms with van der Waals surface area (Å²) >= 11 is 0. The molecule has 2 aromatic rings. The van der Waals surface area contributed by atoms with E-state index in [9.17, 15) is 0 Å². The Balaban J connectivity index is 0.00000261. The summed E-state index contributed by atoms with van der Waals surface area (Å²) in [5, 5.41) is 10.5. The molecular weight excluding hydrogens is 453 g/mol. The maximum atomic E-state index is 5.16. The SMILES string of the molecule is CCNC(=NCC1(c2ccccc2)CCCC1)NCCc1nc(C)no1.I. The second kappa shape index (κ2) is 10.6. The first-order chi connectivity index (χ1) is 12.7. The van der Waals surface area contributed by atoms with Gasteiger partial charge in [0.1, 0.15) is 0 Å². The Labute approximate surface area is 178 Å². The normalized spacial score (nSPS) is 16.0. The van der Waals surface area contributed by atoms with Crippen LogP contribution in [0.5, 0.6) is 0 Å². The quantitative estimate of drug-likeness (QED) is 0.358. The van der Waals surface area contributed by atoms with Crippen molar-refractivity contribution in [2.75, 3.05) is 19.6 Å². The van der Waals surface area contributed by atoms with Crippen LogP contribution in [0.4, 0.5) is 0 Å². The lowest BCUT2D eigenvalue weighted by atomic mass is 9.79. The largest absolute Gasteiger partial charge is 0.357 e. The van der Waals surface area contributed by atoms with Crippen molar-refractivity contribution in [3.8, 4) is 0 Å². The van der Waals surface area contributed by atoms with Gasteiger partial charge in [-0.1, -0.05) is 48.3 Å². The minimum Gasteiger partial charge on any atom is -0.357 e. The molecule has 3 rings (SSSR count). The predicted octanol–water partition coefficient (Wildman–Crippen LogP) is 3.61. The van der Waals surface area contributed by atoms with Gasteiger partial charge in [0.05, 0.1) is 6.54 Å². The monoisotopic (exact) mass is 483 g/mol. The number of nitrogens with one attached hydrogen (secondary N) is 2. The number of rotatable bonds is 7. The van der Waals surface area contributed by atoms with E-state index < -0.39 is 0 Å². The van der Waals surface area contributed by atoms with Crippen LogP contribution < -0.4 is 10.6 Å². The van der Waals surface area contributed by atoms with Crippen LogP contribution in [0.25, 0.3) is 0 Å². The maximum Gasteiger partial charge on any atom is 0.228 e. The summed E-state index contributed by atoms with van der Waals surface area (Å²) in [5.41, 5.74) is 1.59. The van der Waals surface area contributed by atoms with Crippen molar-refractivity contribution in [3.63, 3.8) is 0 Å². The molecule has 0 saturated heterocycles. The smallest absolute Gasteiger partial charge is 0.228 e. The van der Waals surface area contributed by atoms with E-state index in [1.165, 1.54) is 31.2 Å². The van der Waals surface area contributed by atoms with E-state index in [1.54, 1.807) is 0 Å². The van der Waals surface area contributed by atoms with E-state index in [1.807, 2.05) is 6.92 Å². The summed E-state index contributed by atoms with van der Waals surface area (Å²) in [7, 11) is 0. The molecule has 0 unspecified atom stereocenters. The van der Waals surface area contributed by atoms with Crippen LogP contribution in [0, 0.1) is 6.92 Å². The summed E-state index contributed by atoms with van der Waals surface area (Å²) in [4.78, 5) is 9.14. The third-order valence-electron chi connectivity index (χ3n) is 5.03. The first kappa shape index (κ1) is 21.7. The summed E-state index contributed by atoms with van der Waals surface area (Å²) in [5.74, 6) is 2.18. The molecule has 148 valence electrons. The topological polar surface area (TPSA) is 75.3 Å². The lowest BCUT2D eigenvalue weighted by molar-refractivity contribution is 0.374. The van der Waals surface area contributed by atoms with Crippen LogP contribution in [-0.4, -0.2) is 35.7 Å². The van der Waals surface area contributed by atoms with Crippen molar-refractivity contribution in [2.45, 2.75) is 51.4 Å². The number of hydrogen-bond acceptors (Lipinski definition) is 4. The molecule has 0 spiro atoms. The molecule has 0 amide bonds. The van der Waals surface area contributed by atoms with Crippen molar-refractivity contribution in [1.29, 1.82) is 0 Å². The highest BCUT2D eigenvalue weighted by atomic mass is 127. The molecule has 6 nitrogen and oxygen atoms in total. The number of benzene rings is 1. The Morgan fingerprint density at radius 1 is 1.19 bits per heavy atom. The minimum atomic E-state index is 0.